The van der Waals surface area contributed by atoms with Gasteiger partial charge in [-0.25, -0.2) is 0 Å². The monoisotopic (exact) mass is 735 g/mol. The third-order valence-electron chi connectivity index (χ3n) is 4.99. The summed E-state index contributed by atoms with van der Waals surface area (Å²) in [5, 5.41) is 17.7. The van der Waals surface area contributed by atoms with E-state index in [2.05, 4.69) is 11.1 Å². The van der Waals surface area contributed by atoms with E-state index in [1.54, 1.807) is 0 Å². The van der Waals surface area contributed by atoms with E-state index in [0.29, 0.717) is 17.7 Å². The Morgan fingerprint density at radius 3 is 2.03 bits per heavy atom. The largest absolute Gasteiger partial charge is 0.540 e. The first kappa shape index (κ1) is 33.9. The minimum absolute atomic E-state index is 0. The fourth-order valence-electron chi connectivity index (χ4n) is 3.53. The van der Waals surface area contributed by atoms with Gasteiger partial charge >= 0.3 is 12.4 Å². The summed E-state index contributed by atoms with van der Waals surface area (Å²) in [7, 11) is 1.24. The van der Waals surface area contributed by atoms with E-state index in [0.717, 1.165) is 6.07 Å². The minimum atomic E-state index is -5.05. The zero-order chi connectivity index (χ0) is 28.8. The number of benzene rings is 2. The van der Waals surface area contributed by atoms with Crippen LogP contribution in [0.2, 0.25) is 0 Å². The summed E-state index contributed by atoms with van der Waals surface area (Å²) in [4.78, 5) is 14.1. The first-order valence-electron chi connectivity index (χ1n) is 10.9. The number of pyridine rings is 1. The third kappa shape index (κ3) is 9.21. The predicted molar refractivity (Wildman–Crippen MR) is 128 cm³/mol. The smallest absolute Gasteiger partial charge is 0.416 e. The number of ketones is 1. The molecular weight excluding hydrogens is 711 g/mol. The van der Waals surface area contributed by atoms with E-state index >= 15 is 0 Å². The molecule has 0 bridgehead atoms. The SMILES string of the molecule is CC(=O)/C=C(/C)O.COc1c[c-]c(-c2cc(CO)ccn2)c(-c2c(C(F)(F)F)cc(C)cc2C(F)(F)F)c1.[Pt]. The van der Waals surface area contributed by atoms with Gasteiger partial charge in [0.05, 0.1) is 30.6 Å². The second-order valence-electron chi connectivity index (χ2n) is 8.16. The molecule has 5 nitrogen and oxygen atoms in total. The molecule has 0 unspecified atom stereocenters. The fourth-order valence-corrected chi connectivity index (χ4v) is 3.53. The Labute approximate surface area is 235 Å². The van der Waals surface area contributed by atoms with Gasteiger partial charge in [-0.2, -0.15) is 26.3 Å². The van der Waals surface area contributed by atoms with Crippen molar-refractivity contribution in [2.75, 3.05) is 7.11 Å². The van der Waals surface area contributed by atoms with Gasteiger partial charge in [-0.1, -0.05) is 17.7 Å². The first-order chi connectivity index (χ1) is 17.6. The van der Waals surface area contributed by atoms with Crippen molar-refractivity contribution in [2.24, 2.45) is 0 Å². The maximum atomic E-state index is 13.9. The minimum Gasteiger partial charge on any atom is -0.540 e. The summed E-state index contributed by atoms with van der Waals surface area (Å²) < 4.78 is 88.2. The first-order valence-corrected chi connectivity index (χ1v) is 10.9. The molecule has 0 saturated carbocycles. The van der Waals surface area contributed by atoms with Crippen LogP contribution in [0, 0.1) is 13.0 Å². The molecule has 1 heterocycles. The number of ether oxygens (including phenoxy) is 1. The van der Waals surface area contributed by atoms with Crippen molar-refractivity contribution in [1.29, 1.82) is 0 Å². The summed E-state index contributed by atoms with van der Waals surface area (Å²) >= 11 is 0. The van der Waals surface area contributed by atoms with Crippen molar-refractivity contribution in [1.82, 2.24) is 4.98 Å². The second-order valence-corrected chi connectivity index (χ2v) is 8.16. The van der Waals surface area contributed by atoms with Crippen LogP contribution in [0.1, 0.15) is 36.1 Å². The number of aromatic nitrogens is 1. The maximum absolute atomic E-state index is 13.9. The van der Waals surface area contributed by atoms with Crippen molar-refractivity contribution in [2.45, 2.75) is 39.7 Å². The number of aliphatic hydroxyl groups is 2. The van der Waals surface area contributed by atoms with E-state index in [-0.39, 0.29) is 67.3 Å². The summed E-state index contributed by atoms with van der Waals surface area (Å²) in [6.45, 7) is 3.63. The number of nitrogens with zero attached hydrogens (tertiary/aromatic N) is 1. The van der Waals surface area contributed by atoms with Gasteiger partial charge in [0, 0.05) is 39.1 Å². The van der Waals surface area contributed by atoms with Crippen molar-refractivity contribution >= 4 is 5.78 Å². The number of carbonyl (C=O) groups excluding carboxylic acids is 1. The van der Waals surface area contributed by atoms with Crippen LogP contribution in [0.5, 0.6) is 5.75 Å². The standard InChI is InChI=1S/C22H16F6NO2.C5H8O2.Pt/c1-12-7-17(21(23,24)25)20(18(8-12)22(26,27)28)16-10-14(31-2)3-4-15(16)19-9-13(11-30)5-6-29-19;1-4(6)3-5(2)7;/h3,5-10,30H,11H2,1-2H3;3,6H,1-2H3;/q-1;;/b;4-3-;. The molecule has 0 saturated heterocycles. The molecule has 0 aliphatic carbocycles. The quantitative estimate of drug-likeness (QED) is 0.127. The zero-order valence-corrected chi connectivity index (χ0v) is 23.3. The van der Waals surface area contributed by atoms with Gasteiger partial charge in [0.15, 0.2) is 5.78 Å². The second kappa shape index (κ2) is 13.8. The Morgan fingerprint density at radius 1 is 1.05 bits per heavy atom. The van der Waals surface area contributed by atoms with Gasteiger partial charge in [-0.15, -0.1) is 17.7 Å². The van der Waals surface area contributed by atoms with Crippen LogP contribution in [0.25, 0.3) is 22.4 Å². The van der Waals surface area contributed by atoms with Gasteiger partial charge in [-0.3, -0.25) is 4.79 Å². The molecule has 0 aliphatic rings. The van der Waals surface area contributed by atoms with Crippen molar-refractivity contribution in [3.63, 3.8) is 0 Å². The molecule has 3 aromatic rings. The zero-order valence-electron chi connectivity index (χ0n) is 21.1. The van der Waals surface area contributed by atoms with Gasteiger partial charge in [0.25, 0.3) is 0 Å². The summed E-state index contributed by atoms with van der Waals surface area (Å²) in [6.07, 6.45) is -7.64. The fraction of sp³-hybridized carbons (Fsp3) is 0.259. The number of hydrogen-bond donors (Lipinski definition) is 2. The van der Waals surface area contributed by atoms with Gasteiger partial charge < -0.3 is 19.9 Å². The average molecular weight is 736 g/mol. The number of aliphatic hydroxyl groups excluding tert-OH is 2. The molecule has 0 radical (unpaired) electrons. The van der Waals surface area contributed by atoms with Crippen LogP contribution in [0.3, 0.4) is 0 Å². The van der Waals surface area contributed by atoms with Gasteiger partial charge in [-0.05, 0) is 61.4 Å². The summed E-state index contributed by atoms with van der Waals surface area (Å²) in [5.74, 6) is -0.0358. The average Bonchev–Trinajstić information content (AvgIpc) is 2.81. The maximum Gasteiger partial charge on any atom is 0.416 e. The van der Waals surface area contributed by atoms with E-state index in [4.69, 9.17) is 9.84 Å². The third-order valence-corrected chi connectivity index (χ3v) is 4.99. The molecule has 0 aliphatic heterocycles. The molecule has 0 spiro atoms. The molecule has 0 amide bonds. The van der Waals surface area contributed by atoms with Crippen molar-refractivity contribution in [3.05, 3.63) is 82.8 Å². The molecule has 2 aromatic carbocycles. The van der Waals surface area contributed by atoms with Crippen LogP contribution in [-0.2, 0) is 44.8 Å². The number of halogens is 6. The molecule has 214 valence electrons. The number of hydrogen-bond acceptors (Lipinski definition) is 5. The molecule has 39 heavy (non-hydrogen) atoms. The molecule has 0 fully saturated rings. The number of rotatable bonds is 5. The summed E-state index contributed by atoms with van der Waals surface area (Å²) in [6, 6.07) is 9.26. The molecule has 12 heteroatoms. The topological polar surface area (TPSA) is 79.7 Å². The van der Waals surface area contributed by atoms with Crippen molar-refractivity contribution in [3.8, 4) is 28.1 Å². The number of aryl methyl sites for hydroxylation is 1. The van der Waals surface area contributed by atoms with Crippen LogP contribution in [-0.4, -0.2) is 28.1 Å². The normalized spacial score (nSPS) is 11.7. The number of allylic oxidation sites excluding steroid dienone is 2. The van der Waals surface area contributed by atoms with E-state index in [9.17, 15) is 36.2 Å². The predicted octanol–water partition coefficient (Wildman–Crippen LogP) is 7.10. The van der Waals surface area contributed by atoms with Crippen LogP contribution in [0.15, 0.2) is 54.4 Å². The van der Waals surface area contributed by atoms with E-state index in [1.807, 2.05) is 0 Å². The Hall–Kier alpha value is -3.17. The Morgan fingerprint density at radius 2 is 1.62 bits per heavy atom. The Kier molecular flexibility index (Phi) is 11.9. The molecular formula is C27H24F6NO4Pt-. The van der Waals surface area contributed by atoms with Crippen LogP contribution in [0.4, 0.5) is 26.3 Å². The van der Waals surface area contributed by atoms with Gasteiger partial charge in [0.2, 0.25) is 0 Å². The molecule has 0 atom stereocenters. The van der Waals surface area contributed by atoms with Crippen molar-refractivity contribution < 1.29 is 67.2 Å². The number of methoxy groups -OCH3 is 1. The molecule has 1 aromatic heterocycles. The van der Waals surface area contributed by atoms with E-state index in [1.165, 1.54) is 58.4 Å². The van der Waals surface area contributed by atoms with Crippen LogP contribution < -0.4 is 4.74 Å². The van der Waals surface area contributed by atoms with E-state index < -0.39 is 29.0 Å². The summed E-state index contributed by atoms with van der Waals surface area (Å²) in [5.41, 5.74) is -4.11. The Bertz CT molecular complexity index is 1300. The molecule has 2 N–H and O–H groups in total. The molecule has 3 rings (SSSR count). The number of alkyl halides is 6. The Balaban J connectivity index is 0.000000841. The number of carbonyl (C=O) groups is 1. The van der Waals surface area contributed by atoms with Crippen LogP contribution >= 0.6 is 0 Å². The van der Waals surface area contributed by atoms with Gasteiger partial charge in [0.1, 0.15) is 0 Å².